The van der Waals surface area contributed by atoms with E-state index in [2.05, 4.69) is 17.2 Å². The lowest BCUT2D eigenvalue weighted by atomic mass is 10.1. The summed E-state index contributed by atoms with van der Waals surface area (Å²) in [4.78, 5) is 4.91. The molecule has 1 aliphatic carbocycles. The molecule has 0 spiro atoms. The second-order valence-corrected chi connectivity index (χ2v) is 5.07. The highest BCUT2D eigenvalue weighted by molar-refractivity contribution is 7.80. The molecule has 16 heavy (non-hydrogen) atoms. The van der Waals surface area contributed by atoms with E-state index in [9.17, 15) is 0 Å². The second kappa shape index (κ2) is 4.01. The molecule has 0 amide bonds. The molecule has 2 unspecified atom stereocenters. The van der Waals surface area contributed by atoms with Gasteiger partial charge in [0.05, 0.1) is 5.56 Å². The smallest absolute Gasteiger partial charge is 0.137 e. The molecule has 1 heterocycles. The molecule has 1 aliphatic rings. The molecule has 0 bridgehead atoms. The summed E-state index contributed by atoms with van der Waals surface area (Å²) in [6, 6.07) is 2.54. The standard InChI is InChI=1S/C12H17N3S/c1-6-5-9(6)15-12-10(11(13)16)7(2)4-8(3)14-12/h4,6,9H,5H2,1-3H3,(H2,13,16)(H,14,15). The summed E-state index contributed by atoms with van der Waals surface area (Å²) >= 11 is 5.08. The summed E-state index contributed by atoms with van der Waals surface area (Å²) in [7, 11) is 0. The number of hydrogen-bond acceptors (Lipinski definition) is 3. The van der Waals surface area contributed by atoms with Gasteiger partial charge in [-0.25, -0.2) is 4.98 Å². The molecular formula is C12H17N3S. The van der Waals surface area contributed by atoms with Gasteiger partial charge in [-0.05, 0) is 37.8 Å². The van der Waals surface area contributed by atoms with Crippen molar-refractivity contribution < 1.29 is 0 Å². The van der Waals surface area contributed by atoms with Crippen LogP contribution >= 0.6 is 12.2 Å². The molecule has 1 fully saturated rings. The van der Waals surface area contributed by atoms with Crippen LogP contribution in [0.5, 0.6) is 0 Å². The Morgan fingerprint density at radius 1 is 1.56 bits per heavy atom. The highest BCUT2D eigenvalue weighted by atomic mass is 32.1. The molecule has 1 saturated carbocycles. The van der Waals surface area contributed by atoms with Crippen molar-refractivity contribution in [2.24, 2.45) is 11.7 Å². The number of nitrogens with one attached hydrogen (secondary N) is 1. The van der Waals surface area contributed by atoms with E-state index in [0.717, 1.165) is 28.6 Å². The maximum atomic E-state index is 5.75. The number of nitrogens with zero attached hydrogens (tertiary/aromatic N) is 1. The van der Waals surface area contributed by atoms with E-state index < -0.39 is 0 Å². The van der Waals surface area contributed by atoms with Gasteiger partial charge < -0.3 is 11.1 Å². The van der Waals surface area contributed by atoms with Gasteiger partial charge in [-0.1, -0.05) is 19.1 Å². The topological polar surface area (TPSA) is 50.9 Å². The van der Waals surface area contributed by atoms with E-state index >= 15 is 0 Å². The second-order valence-electron chi connectivity index (χ2n) is 4.63. The van der Waals surface area contributed by atoms with Gasteiger partial charge >= 0.3 is 0 Å². The molecule has 1 aromatic rings. The Morgan fingerprint density at radius 2 is 2.19 bits per heavy atom. The Labute approximate surface area is 101 Å². The summed E-state index contributed by atoms with van der Waals surface area (Å²) in [5, 5.41) is 3.42. The van der Waals surface area contributed by atoms with Crippen LogP contribution in [-0.2, 0) is 0 Å². The molecule has 3 N–H and O–H groups in total. The third-order valence-electron chi connectivity index (χ3n) is 3.02. The minimum atomic E-state index is 0.417. The first kappa shape index (κ1) is 11.3. The van der Waals surface area contributed by atoms with Gasteiger partial charge in [-0.2, -0.15) is 0 Å². The van der Waals surface area contributed by atoms with E-state index in [0.29, 0.717) is 11.0 Å². The van der Waals surface area contributed by atoms with Gasteiger partial charge in [0.25, 0.3) is 0 Å². The number of nitrogens with two attached hydrogens (primary N) is 1. The van der Waals surface area contributed by atoms with Crippen LogP contribution in [0.25, 0.3) is 0 Å². The lowest BCUT2D eigenvalue weighted by Crippen LogP contribution is -2.18. The first-order chi connectivity index (χ1) is 7.49. The third kappa shape index (κ3) is 2.16. The zero-order valence-corrected chi connectivity index (χ0v) is 10.7. The molecule has 2 atom stereocenters. The van der Waals surface area contributed by atoms with Crippen molar-refractivity contribution in [2.75, 3.05) is 5.32 Å². The first-order valence-corrected chi connectivity index (χ1v) is 5.94. The third-order valence-corrected chi connectivity index (χ3v) is 3.23. The lowest BCUT2D eigenvalue weighted by molar-refractivity contribution is 0.921. The van der Waals surface area contributed by atoms with Crippen LogP contribution in [0.3, 0.4) is 0 Å². The van der Waals surface area contributed by atoms with Crippen molar-refractivity contribution in [3.63, 3.8) is 0 Å². The number of anilines is 1. The van der Waals surface area contributed by atoms with Crippen LogP contribution in [0.4, 0.5) is 5.82 Å². The number of rotatable bonds is 3. The van der Waals surface area contributed by atoms with Crippen molar-refractivity contribution in [3.05, 3.63) is 22.9 Å². The summed E-state index contributed by atoms with van der Waals surface area (Å²) < 4.78 is 0. The van der Waals surface area contributed by atoms with Crippen LogP contribution in [0.2, 0.25) is 0 Å². The minimum absolute atomic E-state index is 0.417. The minimum Gasteiger partial charge on any atom is -0.389 e. The van der Waals surface area contributed by atoms with E-state index in [1.807, 2.05) is 19.9 Å². The van der Waals surface area contributed by atoms with Crippen molar-refractivity contribution >= 4 is 23.0 Å². The summed E-state index contributed by atoms with van der Waals surface area (Å²) in [5.41, 5.74) is 8.72. The number of pyridine rings is 1. The van der Waals surface area contributed by atoms with Crippen molar-refractivity contribution in [1.82, 2.24) is 4.98 Å². The number of aryl methyl sites for hydroxylation is 2. The normalized spacial score (nSPS) is 22.9. The summed E-state index contributed by atoms with van der Waals surface area (Å²) in [6.45, 7) is 6.23. The predicted molar refractivity (Wildman–Crippen MR) is 70.8 cm³/mol. The SMILES string of the molecule is Cc1cc(C)c(C(N)=S)c(NC2CC2C)n1. The molecule has 0 radical (unpaired) electrons. The monoisotopic (exact) mass is 235 g/mol. The highest BCUT2D eigenvalue weighted by Gasteiger charge is 2.33. The number of aromatic nitrogens is 1. The van der Waals surface area contributed by atoms with E-state index in [4.69, 9.17) is 18.0 Å². The Morgan fingerprint density at radius 3 is 2.69 bits per heavy atom. The Kier molecular flexibility index (Phi) is 2.84. The van der Waals surface area contributed by atoms with E-state index in [-0.39, 0.29) is 0 Å². The zero-order valence-electron chi connectivity index (χ0n) is 9.87. The lowest BCUT2D eigenvalue weighted by Gasteiger charge is -2.13. The molecule has 0 aromatic carbocycles. The van der Waals surface area contributed by atoms with E-state index in [1.165, 1.54) is 6.42 Å². The van der Waals surface area contributed by atoms with Gasteiger partial charge in [0.2, 0.25) is 0 Å². The Hall–Kier alpha value is -1.16. The van der Waals surface area contributed by atoms with Gasteiger partial charge in [0.1, 0.15) is 10.8 Å². The van der Waals surface area contributed by atoms with Crippen LogP contribution in [0.1, 0.15) is 30.2 Å². The van der Waals surface area contributed by atoms with Crippen LogP contribution in [0, 0.1) is 19.8 Å². The largest absolute Gasteiger partial charge is 0.389 e. The van der Waals surface area contributed by atoms with Gasteiger partial charge in [-0.3, -0.25) is 0 Å². The van der Waals surface area contributed by atoms with Gasteiger partial charge in [-0.15, -0.1) is 0 Å². The van der Waals surface area contributed by atoms with Crippen molar-refractivity contribution in [2.45, 2.75) is 33.2 Å². The molecule has 4 heteroatoms. The maximum Gasteiger partial charge on any atom is 0.137 e. The Balaban J connectivity index is 2.36. The summed E-state index contributed by atoms with van der Waals surface area (Å²) in [6.07, 6.45) is 1.20. The molecule has 1 aromatic heterocycles. The van der Waals surface area contributed by atoms with Crippen LogP contribution in [0.15, 0.2) is 6.07 Å². The van der Waals surface area contributed by atoms with Crippen molar-refractivity contribution in [3.8, 4) is 0 Å². The van der Waals surface area contributed by atoms with Gasteiger partial charge in [0, 0.05) is 11.7 Å². The summed E-state index contributed by atoms with van der Waals surface area (Å²) in [5.74, 6) is 1.57. The van der Waals surface area contributed by atoms with Crippen LogP contribution < -0.4 is 11.1 Å². The molecule has 0 aliphatic heterocycles. The van der Waals surface area contributed by atoms with Crippen molar-refractivity contribution in [1.29, 1.82) is 0 Å². The number of hydrogen-bond donors (Lipinski definition) is 2. The number of thiocarbonyl (C=S) groups is 1. The quantitative estimate of drug-likeness (QED) is 0.788. The zero-order chi connectivity index (χ0) is 11.9. The fourth-order valence-electron chi connectivity index (χ4n) is 1.95. The molecule has 2 rings (SSSR count). The Bertz CT molecular complexity index is 442. The predicted octanol–water partition coefficient (Wildman–Crippen LogP) is 2.15. The first-order valence-electron chi connectivity index (χ1n) is 5.53. The average Bonchev–Trinajstić information content (AvgIpc) is 2.78. The maximum absolute atomic E-state index is 5.75. The highest BCUT2D eigenvalue weighted by Crippen LogP contribution is 2.33. The van der Waals surface area contributed by atoms with Crippen LogP contribution in [-0.4, -0.2) is 16.0 Å². The van der Waals surface area contributed by atoms with Gasteiger partial charge in [0.15, 0.2) is 0 Å². The molecule has 3 nitrogen and oxygen atoms in total. The fourth-order valence-corrected chi connectivity index (χ4v) is 2.21. The average molecular weight is 235 g/mol. The van der Waals surface area contributed by atoms with E-state index in [1.54, 1.807) is 0 Å². The fraction of sp³-hybridized carbons (Fsp3) is 0.500. The molecule has 0 saturated heterocycles. The molecular weight excluding hydrogens is 218 g/mol. The molecule has 86 valence electrons.